The number of nitrogens with one attached hydrogen (secondary N) is 1. The van der Waals surface area contributed by atoms with E-state index in [9.17, 15) is 9.90 Å². The average Bonchev–Trinajstić information content (AvgIpc) is 3.30. The fourth-order valence-electron chi connectivity index (χ4n) is 3.83. The number of rotatable bonds is 6. The summed E-state index contributed by atoms with van der Waals surface area (Å²) in [6, 6.07) is 0. The first-order valence-corrected chi connectivity index (χ1v) is 8.30. The van der Waals surface area contributed by atoms with Crippen LogP contribution in [0.1, 0.15) is 32.1 Å². The number of aliphatic hydroxyl groups is 1. The molecule has 1 heterocycles. The van der Waals surface area contributed by atoms with Gasteiger partial charge in [-0.3, -0.25) is 9.69 Å². The van der Waals surface area contributed by atoms with Crippen LogP contribution in [0.4, 0.5) is 0 Å². The number of aliphatic hydroxyl groups excluding tert-OH is 1. The maximum atomic E-state index is 12.3. The first-order valence-electron chi connectivity index (χ1n) is 8.30. The van der Waals surface area contributed by atoms with Crippen molar-refractivity contribution in [3.05, 3.63) is 0 Å². The SMILES string of the molecule is COC(C(=O)NCC1(CO)COCC2(CCC2)N1C)C1CC1. The molecule has 6 heteroatoms. The molecule has 3 aliphatic rings. The van der Waals surface area contributed by atoms with Crippen LogP contribution < -0.4 is 5.32 Å². The minimum absolute atomic E-state index is 0.0212. The molecule has 0 aromatic rings. The predicted octanol–water partition coefficient (Wildman–Crippen LogP) is 0.143. The van der Waals surface area contributed by atoms with E-state index in [4.69, 9.17) is 9.47 Å². The molecule has 1 spiro atoms. The fourth-order valence-corrected chi connectivity index (χ4v) is 3.83. The monoisotopic (exact) mass is 312 g/mol. The Balaban J connectivity index is 1.64. The summed E-state index contributed by atoms with van der Waals surface area (Å²) in [6.07, 6.45) is 5.16. The largest absolute Gasteiger partial charge is 0.394 e. The van der Waals surface area contributed by atoms with Gasteiger partial charge in [0.25, 0.3) is 0 Å². The van der Waals surface area contributed by atoms with Gasteiger partial charge in [-0.15, -0.1) is 0 Å². The number of carbonyl (C=O) groups excluding carboxylic acids is 1. The molecule has 0 bridgehead atoms. The number of hydrogen-bond donors (Lipinski definition) is 2. The summed E-state index contributed by atoms with van der Waals surface area (Å²) in [7, 11) is 3.64. The van der Waals surface area contributed by atoms with Gasteiger partial charge in [0.05, 0.1) is 25.4 Å². The van der Waals surface area contributed by atoms with Crippen molar-refractivity contribution in [3.63, 3.8) is 0 Å². The minimum atomic E-state index is -0.532. The summed E-state index contributed by atoms with van der Waals surface area (Å²) in [6.45, 7) is 1.55. The molecule has 126 valence electrons. The first-order chi connectivity index (χ1) is 10.6. The maximum absolute atomic E-state index is 12.3. The van der Waals surface area contributed by atoms with E-state index in [2.05, 4.69) is 17.3 Å². The quantitative estimate of drug-likeness (QED) is 0.730. The van der Waals surface area contributed by atoms with Gasteiger partial charge < -0.3 is 19.9 Å². The van der Waals surface area contributed by atoms with Crippen molar-refractivity contribution >= 4 is 5.91 Å². The Morgan fingerprint density at radius 2 is 2.18 bits per heavy atom. The number of hydrogen-bond acceptors (Lipinski definition) is 5. The summed E-state index contributed by atoms with van der Waals surface area (Å²) in [5.74, 6) is 0.285. The van der Waals surface area contributed by atoms with Crippen molar-refractivity contribution in [1.29, 1.82) is 0 Å². The number of likely N-dealkylation sites (N-methyl/N-ethyl adjacent to an activating group) is 1. The van der Waals surface area contributed by atoms with Gasteiger partial charge in [-0.2, -0.15) is 0 Å². The summed E-state index contributed by atoms with van der Waals surface area (Å²) in [5, 5.41) is 13.0. The van der Waals surface area contributed by atoms with Gasteiger partial charge in [-0.1, -0.05) is 0 Å². The lowest BCUT2D eigenvalue weighted by Gasteiger charge is -2.59. The molecular formula is C16H28N2O4. The van der Waals surface area contributed by atoms with Crippen LogP contribution in [0.15, 0.2) is 0 Å². The third kappa shape index (κ3) is 2.66. The Morgan fingerprint density at radius 3 is 2.68 bits per heavy atom. The van der Waals surface area contributed by atoms with Crippen LogP contribution in [0.25, 0.3) is 0 Å². The third-order valence-electron chi connectivity index (χ3n) is 5.90. The lowest BCUT2D eigenvalue weighted by Crippen LogP contribution is -2.73. The number of carbonyl (C=O) groups is 1. The van der Waals surface area contributed by atoms with Crippen molar-refractivity contribution in [2.75, 3.05) is 40.5 Å². The molecule has 3 rings (SSSR count). The van der Waals surface area contributed by atoms with Crippen molar-refractivity contribution in [2.45, 2.75) is 49.3 Å². The third-order valence-corrected chi connectivity index (χ3v) is 5.90. The van der Waals surface area contributed by atoms with Crippen LogP contribution in [0.5, 0.6) is 0 Å². The van der Waals surface area contributed by atoms with Crippen LogP contribution in [0.3, 0.4) is 0 Å². The van der Waals surface area contributed by atoms with Gasteiger partial charge in [-0.05, 0) is 45.1 Å². The molecule has 2 saturated carbocycles. The van der Waals surface area contributed by atoms with Crippen LogP contribution in [0, 0.1) is 5.92 Å². The van der Waals surface area contributed by atoms with E-state index >= 15 is 0 Å². The maximum Gasteiger partial charge on any atom is 0.249 e. The Kier molecular flexibility index (Phi) is 4.47. The van der Waals surface area contributed by atoms with Gasteiger partial charge in [0.2, 0.25) is 5.91 Å². The highest BCUT2D eigenvalue weighted by Crippen LogP contribution is 2.43. The molecule has 1 amide bonds. The average molecular weight is 312 g/mol. The second-order valence-corrected chi connectivity index (χ2v) is 7.22. The molecule has 3 fully saturated rings. The molecule has 1 aliphatic heterocycles. The number of ether oxygens (including phenoxy) is 2. The van der Waals surface area contributed by atoms with Crippen molar-refractivity contribution in [1.82, 2.24) is 10.2 Å². The fraction of sp³-hybridized carbons (Fsp3) is 0.938. The van der Waals surface area contributed by atoms with Gasteiger partial charge in [-0.25, -0.2) is 0 Å². The highest BCUT2D eigenvalue weighted by Gasteiger charge is 2.53. The van der Waals surface area contributed by atoms with Crippen LogP contribution in [0.2, 0.25) is 0 Å². The van der Waals surface area contributed by atoms with Crippen LogP contribution in [-0.4, -0.2) is 73.6 Å². The summed E-state index contributed by atoms with van der Waals surface area (Å²) >= 11 is 0. The van der Waals surface area contributed by atoms with Crippen molar-refractivity contribution in [2.24, 2.45) is 5.92 Å². The molecule has 1 saturated heterocycles. The molecule has 22 heavy (non-hydrogen) atoms. The normalized spacial score (nSPS) is 32.5. The first kappa shape index (κ1) is 16.2. The van der Waals surface area contributed by atoms with Gasteiger partial charge in [0, 0.05) is 19.2 Å². The second kappa shape index (κ2) is 6.07. The lowest BCUT2D eigenvalue weighted by molar-refractivity contribution is -0.181. The van der Waals surface area contributed by atoms with E-state index < -0.39 is 5.54 Å². The van der Waals surface area contributed by atoms with Gasteiger partial charge in [0.15, 0.2) is 0 Å². The smallest absolute Gasteiger partial charge is 0.249 e. The number of morpholine rings is 1. The molecule has 2 unspecified atom stereocenters. The highest BCUT2D eigenvalue weighted by molar-refractivity contribution is 5.81. The Hall–Kier alpha value is -0.690. The zero-order chi connectivity index (χ0) is 15.8. The zero-order valence-electron chi connectivity index (χ0n) is 13.6. The number of methoxy groups -OCH3 is 1. The topological polar surface area (TPSA) is 71.0 Å². The Labute approximate surface area is 132 Å². The lowest BCUT2D eigenvalue weighted by atomic mass is 9.72. The Bertz CT molecular complexity index is 422. The van der Waals surface area contributed by atoms with E-state index in [1.54, 1.807) is 7.11 Å². The van der Waals surface area contributed by atoms with Crippen LogP contribution in [-0.2, 0) is 14.3 Å². The predicted molar refractivity (Wildman–Crippen MR) is 81.5 cm³/mol. The van der Waals surface area contributed by atoms with E-state index in [-0.39, 0.29) is 24.2 Å². The standard InChI is InChI=1S/C16H28N2O4/c1-18-15(6-3-7-15)10-22-11-16(18,9-19)8-17-14(20)13(21-2)12-4-5-12/h12-13,19H,3-11H2,1-2H3,(H,17,20). The molecule has 2 N–H and O–H groups in total. The van der Waals surface area contributed by atoms with Gasteiger partial charge >= 0.3 is 0 Å². The highest BCUT2D eigenvalue weighted by atomic mass is 16.5. The van der Waals surface area contributed by atoms with Gasteiger partial charge in [0.1, 0.15) is 6.10 Å². The van der Waals surface area contributed by atoms with Crippen molar-refractivity contribution < 1.29 is 19.4 Å². The summed E-state index contributed by atoms with van der Waals surface area (Å²) < 4.78 is 11.1. The molecule has 0 radical (unpaired) electrons. The van der Waals surface area contributed by atoms with E-state index in [1.165, 1.54) is 6.42 Å². The zero-order valence-corrected chi connectivity index (χ0v) is 13.6. The molecule has 0 aromatic carbocycles. The van der Waals surface area contributed by atoms with E-state index in [1.807, 2.05) is 0 Å². The van der Waals surface area contributed by atoms with Crippen LogP contribution >= 0.6 is 0 Å². The molecular weight excluding hydrogens is 284 g/mol. The Morgan fingerprint density at radius 1 is 1.45 bits per heavy atom. The molecule has 2 atom stereocenters. The minimum Gasteiger partial charge on any atom is -0.394 e. The molecule has 0 aromatic heterocycles. The van der Waals surface area contributed by atoms with E-state index in [0.717, 1.165) is 32.3 Å². The number of amides is 1. The molecule has 2 aliphatic carbocycles. The number of nitrogens with zero attached hydrogens (tertiary/aromatic N) is 1. The van der Waals surface area contributed by atoms with E-state index in [0.29, 0.717) is 19.1 Å². The summed E-state index contributed by atoms with van der Waals surface area (Å²) in [4.78, 5) is 14.6. The summed E-state index contributed by atoms with van der Waals surface area (Å²) in [5.41, 5.74) is -0.487. The molecule has 6 nitrogen and oxygen atoms in total. The second-order valence-electron chi connectivity index (χ2n) is 7.22. The van der Waals surface area contributed by atoms with Crippen molar-refractivity contribution in [3.8, 4) is 0 Å².